The lowest BCUT2D eigenvalue weighted by atomic mass is 10.2. The maximum atomic E-state index is 11.0. The molecular formula is C14H16N4O2. The molecule has 0 aliphatic heterocycles. The van der Waals surface area contributed by atoms with Gasteiger partial charge in [0.15, 0.2) is 0 Å². The molecule has 2 N–H and O–H groups in total. The molecule has 1 aromatic carbocycles. The summed E-state index contributed by atoms with van der Waals surface area (Å²) in [6, 6.07) is 10.6. The minimum atomic E-state index is -0.445. The molecule has 1 heterocycles. The third kappa shape index (κ3) is 3.23. The Morgan fingerprint density at radius 1 is 1.20 bits per heavy atom. The Bertz CT molecular complexity index is 611. The standard InChI is InChI=1S/C14H16N4O2/c1-3-15-13-9-8-12(18(19)20)14(17-13)16-11-6-4-10(2)5-7-11/h4-9H,3H2,1-2H3,(H2,15,16,17). The number of aryl methyl sites for hydroxylation is 1. The van der Waals surface area contributed by atoms with Crippen molar-refractivity contribution in [3.05, 3.63) is 52.1 Å². The first kappa shape index (κ1) is 13.8. The van der Waals surface area contributed by atoms with Crippen molar-refractivity contribution < 1.29 is 4.92 Å². The lowest BCUT2D eigenvalue weighted by Crippen LogP contribution is -2.04. The third-order valence-electron chi connectivity index (χ3n) is 2.74. The second-order valence-corrected chi connectivity index (χ2v) is 4.34. The van der Waals surface area contributed by atoms with Crippen molar-refractivity contribution >= 4 is 23.0 Å². The number of aromatic nitrogens is 1. The van der Waals surface area contributed by atoms with Crippen LogP contribution in [0.5, 0.6) is 0 Å². The SMILES string of the molecule is CCNc1ccc([N+](=O)[O-])c(Nc2ccc(C)cc2)n1. The van der Waals surface area contributed by atoms with Crippen LogP contribution in [0.3, 0.4) is 0 Å². The highest BCUT2D eigenvalue weighted by Crippen LogP contribution is 2.27. The first-order valence-corrected chi connectivity index (χ1v) is 6.33. The quantitative estimate of drug-likeness (QED) is 0.643. The molecule has 104 valence electrons. The van der Waals surface area contributed by atoms with E-state index in [1.54, 1.807) is 6.07 Å². The van der Waals surface area contributed by atoms with Gasteiger partial charge in [0.1, 0.15) is 5.82 Å². The molecular weight excluding hydrogens is 256 g/mol. The van der Waals surface area contributed by atoms with Crippen molar-refractivity contribution in [1.29, 1.82) is 0 Å². The molecule has 0 aliphatic carbocycles. The summed E-state index contributed by atoms with van der Waals surface area (Å²) >= 11 is 0. The minimum Gasteiger partial charge on any atom is -0.370 e. The first-order chi connectivity index (χ1) is 9.60. The van der Waals surface area contributed by atoms with Crippen LogP contribution in [0.25, 0.3) is 0 Å². The fourth-order valence-electron chi connectivity index (χ4n) is 1.74. The van der Waals surface area contributed by atoms with Crippen LogP contribution in [0.4, 0.5) is 23.0 Å². The van der Waals surface area contributed by atoms with Gasteiger partial charge in [0.25, 0.3) is 0 Å². The second-order valence-electron chi connectivity index (χ2n) is 4.34. The Hall–Kier alpha value is -2.63. The molecule has 0 bridgehead atoms. The van der Waals surface area contributed by atoms with Crippen LogP contribution in [-0.2, 0) is 0 Å². The molecule has 0 saturated heterocycles. The number of nitro groups is 1. The van der Waals surface area contributed by atoms with Crippen LogP contribution in [0.15, 0.2) is 36.4 Å². The fourth-order valence-corrected chi connectivity index (χ4v) is 1.74. The van der Waals surface area contributed by atoms with E-state index < -0.39 is 4.92 Å². The summed E-state index contributed by atoms with van der Waals surface area (Å²) in [6.45, 7) is 4.63. The molecule has 1 aromatic heterocycles. The zero-order valence-electron chi connectivity index (χ0n) is 11.4. The summed E-state index contributed by atoms with van der Waals surface area (Å²) in [5, 5.41) is 17.1. The summed E-state index contributed by atoms with van der Waals surface area (Å²) in [4.78, 5) is 14.8. The largest absolute Gasteiger partial charge is 0.370 e. The molecule has 2 aromatic rings. The minimum absolute atomic E-state index is 0.0489. The monoisotopic (exact) mass is 272 g/mol. The topological polar surface area (TPSA) is 80.1 Å². The van der Waals surface area contributed by atoms with Crippen LogP contribution in [0.1, 0.15) is 12.5 Å². The van der Waals surface area contributed by atoms with Crippen LogP contribution >= 0.6 is 0 Å². The fraction of sp³-hybridized carbons (Fsp3) is 0.214. The molecule has 6 nitrogen and oxygen atoms in total. The molecule has 0 radical (unpaired) electrons. The van der Waals surface area contributed by atoms with Gasteiger partial charge >= 0.3 is 5.69 Å². The summed E-state index contributed by atoms with van der Waals surface area (Å²) < 4.78 is 0. The molecule has 0 aliphatic rings. The maximum Gasteiger partial charge on any atom is 0.311 e. The molecule has 0 atom stereocenters. The van der Waals surface area contributed by atoms with E-state index in [0.717, 1.165) is 11.3 Å². The number of hydrogen-bond acceptors (Lipinski definition) is 5. The van der Waals surface area contributed by atoms with Crippen molar-refractivity contribution in [3.8, 4) is 0 Å². The lowest BCUT2D eigenvalue weighted by Gasteiger charge is -2.09. The highest BCUT2D eigenvalue weighted by molar-refractivity contribution is 5.67. The highest BCUT2D eigenvalue weighted by atomic mass is 16.6. The smallest absolute Gasteiger partial charge is 0.311 e. The lowest BCUT2D eigenvalue weighted by molar-refractivity contribution is -0.384. The van der Waals surface area contributed by atoms with Crippen molar-refractivity contribution in [1.82, 2.24) is 4.98 Å². The number of hydrogen-bond donors (Lipinski definition) is 2. The van der Waals surface area contributed by atoms with Gasteiger partial charge in [0, 0.05) is 18.3 Å². The van der Waals surface area contributed by atoms with E-state index in [0.29, 0.717) is 12.4 Å². The molecule has 0 unspecified atom stereocenters. The van der Waals surface area contributed by atoms with E-state index in [1.165, 1.54) is 6.07 Å². The normalized spacial score (nSPS) is 10.1. The maximum absolute atomic E-state index is 11.0. The van der Waals surface area contributed by atoms with Gasteiger partial charge in [0.05, 0.1) is 4.92 Å². The zero-order chi connectivity index (χ0) is 14.5. The van der Waals surface area contributed by atoms with Crippen LogP contribution in [0.2, 0.25) is 0 Å². The van der Waals surface area contributed by atoms with Crippen molar-refractivity contribution in [2.75, 3.05) is 17.2 Å². The zero-order valence-corrected chi connectivity index (χ0v) is 11.4. The average Bonchev–Trinajstić information content (AvgIpc) is 2.42. The van der Waals surface area contributed by atoms with E-state index in [2.05, 4.69) is 15.6 Å². The molecule has 0 fully saturated rings. The van der Waals surface area contributed by atoms with Crippen molar-refractivity contribution in [2.45, 2.75) is 13.8 Å². The Balaban J connectivity index is 2.34. The molecule has 6 heteroatoms. The Kier molecular flexibility index (Phi) is 4.14. The van der Waals surface area contributed by atoms with Crippen molar-refractivity contribution in [3.63, 3.8) is 0 Å². The van der Waals surface area contributed by atoms with E-state index in [4.69, 9.17) is 0 Å². The van der Waals surface area contributed by atoms with Gasteiger partial charge in [-0.05, 0) is 32.0 Å². The molecule has 2 rings (SSSR count). The van der Waals surface area contributed by atoms with Gasteiger partial charge < -0.3 is 10.6 Å². The van der Waals surface area contributed by atoms with Gasteiger partial charge in [-0.1, -0.05) is 17.7 Å². The average molecular weight is 272 g/mol. The second kappa shape index (κ2) is 6.01. The van der Waals surface area contributed by atoms with Crippen molar-refractivity contribution in [2.24, 2.45) is 0 Å². The summed E-state index contributed by atoms with van der Waals surface area (Å²) in [5.74, 6) is 0.838. The molecule has 0 amide bonds. The number of rotatable bonds is 5. The summed E-state index contributed by atoms with van der Waals surface area (Å²) in [7, 11) is 0. The van der Waals surface area contributed by atoms with Gasteiger partial charge in [-0.15, -0.1) is 0 Å². The number of nitrogens with one attached hydrogen (secondary N) is 2. The third-order valence-corrected chi connectivity index (χ3v) is 2.74. The van der Waals surface area contributed by atoms with Crippen LogP contribution in [0, 0.1) is 17.0 Å². The molecule has 20 heavy (non-hydrogen) atoms. The van der Waals surface area contributed by atoms with E-state index >= 15 is 0 Å². The molecule has 0 spiro atoms. The summed E-state index contributed by atoms with van der Waals surface area (Å²) in [5.41, 5.74) is 1.84. The van der Waals surface area contributed by atoms with Gasteiger partial charge in [0.2, 0.25) is 5.82 Å². The predicted octanol–water partition coefficient (Wildman–Crippen LogP) is 3.47. The predicted molar refractivity (Wildman–Crippen MR) is 79.5 cm³/mol. The number of nitrogens with zero attached hydrogens (tertiary/aromatic N) is 2. The van der Waals surface area contributed by atoms with E-state index in [-0.39, 0.29) is 11.5 Å². The van der Waals surface area contributed by atoms with E-state index in [9.17, 15) is 10.1 Å². The number of pyridine rings is 1. The number of benzene rings is 1. The van der Waals surface area contributed by atoms with E-state index in [1.807, 2.05) is 38.1 Å². The number of anilines is 3. The van der Waals surface area contributed by atoms with Gasteiger partial charge in [-0.3, -0.25) is 10.1 Å². The molecule has 0 saturated carbocycles. The van der Waals surface area contributed by atoms with Gasteiger partial charge in [-0.2, -0.15) is 0 Å². The van der Waals surface area contributed by atoms with Crippen LogP contribution in [-0.4, -0.2) is 16.5 Å². The Morgan fingerprint density at radius 3 is 2.50 bits per heavy atom. The first-order valence-electron chi connectivity index (χ1n) is 6.33. The van der Waals surface area contributed by atoms with Gasteiger partial charge in [-0.25, -0.2) is 4.98 Å². The van der Waals surface area contributed by atoms with Crippen LogP contribution < -0.4 is 10.6 Å². The Labute approximate surface area is 117 Å². The summed E-state index contributed by atoms with van der Waals surface area (Å²) in [6.07, 6.45) is 0. The highest BCUT2D eigenvalue weighted by Gasteiger charge is 2.16. The Morgan fingerprint density at radius 2 is 1.90 bits per heavy atom.